The van der Waals surface area contributed by atoms with Gasteiger partial charge in [0, 0.05) is 17.4 Å². The zero-order valence-corrected chi connectivity index (χ0v) is 48.6. The van der Waals surface area contributed by atoms with Crippen LogP contribution in [0.2, 0.25) is 0 Å². The second-order valence-corrected chi connectivity index (χ2v) is 23.8. The fourth-order valence-corrected chi connectivity index (χ4v) is 12.5. The molecule has 7 heteroatoms. The molecule has 0 amide bonds. The summed E-state index contributed by atoms with van der Waals surface area (Å²) in [6.07, 6.45) is 1.96. The summed E-state index contributed by atoms with van der Waals surface area (Å²) in [7, 11) is 0. The van der Waals surface area contributed by atoms with Crippen LogP contribution in [-0.4, -0.2) is 14.1 Å². The van der Waals surface area contributed by atoms with E-state index in [0.29, 0.717) is 11.5 Å². The van der Waals surface area contributed by atoms with Gasteiger partial charge in [0.25, 0.3) is 0 Å². The summed E-state index contributed by atoms with van der Waals surface area (Å²) in [5, 5.41) is 0. The number of para-hydroxylation sites is 6. The van der Waals surface area contributed by atoms with Gasteiger partial charge in [-0.2, -0.15) is 0 Å². The Kier molecular flexibility index (Phi) is 13.2. The summed E-state index contributed by atoms with van der Waals surface area (Å²) in [6, 6.07) is 91.6. The molecule has 6 nitrogen and oxygen atoms in total. The van der Waals surface area contributed by atoms with Crippen molar-refractivity contribution in [1.82, 2.24) is 14.1 Å². The van der Waals surface area contributed by atoms with Gasteiger partial charge in [-0.15, -0.1) is 0 Å². The molecule has 0 radical (unpaired) electrons. The van der Waals surface area contributed by atoms with Crippen LogP contribution in [-0.2, 0) is 30.2 Å². The molecule has 0 saturated heterocycles. The third-order valence-electron chi connectivity index (χ3n) is 15.5. The first-order chi connectivity index (χ1) is 39.4. The van der Waals surface area contributed by atoms with Gasteiger partial charge in [0.15, 0.2) is 0 Å². The van der Waals surface area contributed by atoms with Crippen molar-refractivity contribution in [1.29, 1.82) is 0 Å². The number of aromatic nitrogens is 3. The number of rotatable bonds is 8. The Morgan fingerprint density at radius 3 is 1.49 bits per heavy atom. The Morgan fingerprint density at radius 2 is 0.852 bits per heavy atom. The molecule has 13 rings (SSSR count). The van der Waals surface area contributed by atoms with Crippen LogP contribution in [0.3, 0.4) is 0 Å². The Hall–Kier alpha value is -9.09. The maximum atomic E-state index is 7.20. The third kappa shape index (κ3) is 9.54. The molecular formula is C74H61N5OPt. The van der Waals surface area contributed by atoms with Gasteiger partial charge in [0.05, 0.1) is 5.69 Å². The van der Waals surface area contributed by atoms with Gasteiger partial charge < -0.3 is 4.90 Å². The first kappa shape index (κ1) is 51.4. The number of imidazole rings is 1. The number of nitrogens with zero attached hydrogens (tertiary/aromatic N) is 5. The van der Waals surface area contributed by atoms with Crippen molar-refractivity contribution in [3.63, 3.8) is 0 Å². The summed E-state index contributed by atoms with van der Waals surface area (Å²) in [5.74, 6) is 2.22. The zero-order valence-electron chi connectivity index (χ0n) is 46.3. The predicted octanol–water partition coefficient (Wildman–Crippen LogP) is 20.2. The minimum absolute atomic E-state index is 0.128. The van der Waals surface area contributed by atoms with E-state index in [2.05, 4.69) is 335 Å². The van der Waals surface area contributed by atoms with E-state index in [1.807, 2.05) is 6.20 Å². The van der Waals surface area contributed by atoms with Crippen molar-refractivity contribution in [2.75, 3.05) is 9.80 Å². The predicted molar refractivity (Wildman–Crippen MR) is 332 cm³/mol. The molecule has 2 aromatic heterocycles. The number of benzene rings is 10. The average Bonchev–Trinajstić information content (AvgIpc) is 3.86. The number of fused-ring (bicyclic) bond motifs is 7. The summed E-state index contributed by atoms with van der Waals surface area (Å²) < 4.78 is 13.0. The second kappa shape index (κ2) is 20.9. The fourth-order valence-electron chi connectivity index (χ4n) is 11.4. The molecule has 0 aliphatic carbocycles. The molecule has 0 spiro atoms. The number of hydrogen-bond acceptors (Lipinski definition) is 4. The molecule has 12 aromatic rings. The van der Waals surface area contributed by atoms with E-state index >= 15 is 0 Å². The molecule has 0 unspecified atom stereocenters. The first-order valence-electron chi connectivity index (χ1n) is 27.7. The van der Waals surface area contributed by atoms with Crippen LogP contribution in [0.25, 0.3) is 66.9 Å². The van der Waals surface area contributed by atoms with Crippen LogP contribution >= 0.6 is 0 Å². The molecule has 0 saturated carbocycles. The van der Waals surface area contributed by atoms with Crippen molar-refractivity contribution in [2.24, 2.45) is 0 Å². The summed E-state index contributed by atoms with van der Waals surface area (Å²) in [6.45, 7) is 13.7. The molecule has 0 N–H and O–H groups in total. The molecule has 0 atom stereocenters. The Morgan fingerprint density at radius 1 is 0.358 bits per heavy atom. The van der Waals surface area contributed by atoms with Gasteiger partial charge in [-0.3, -0.25) is 0 Å². The third-order valence-corrected chi connectivity index (χ3v) is 16.5. The van der Waals surface area contributed by atoms with Crippen LogP contribution in [0.5, 0.6) is 11.5 Å². The van der Waals surface area contributed by atoms with E-state index in [4.69, 9.17) is 9.72 Å². The fraction of sp³-hybridized carbons (Fsp3) is 0.108. The summed E-state index contributed by atoms with van der Waals surface area (Å²) in [4.78, 5) is 10.1. The summed E-state index contributed by atoms with van der Waals surface area (Å²) in [5.41, 5.74) is 20.5. The second-order valence-electron chi connectivity index (χ2n) is 22.8. The SMILES string of the molecule is CC(C)(C)c1ccnc(N2c3ccc(C(C)(C)C)cc3-c3ccccc3N(c3ccccc3)c3ccccc3-c3ccc(Oc4cccc(-n5[c](=[Pt])n(-c6c(-c7ccccc7)cccc6-c6ccccc6)c6ccccc65)c4)cc32)c1. The number of pyridine rings is 1. The van der Waals surface area contributed by atoms with Gasteiger partial charge in [-0.05, 0) is 58.4 Å². The van der Waals surface area contributed by atoms with Gasteiger partial charge in [0.2, 0.25) is 0 Å². The van der Waals surface area contributed by atoms with Gasteiger partial charge in [-0.1, -0.05) is 96.1 Å². The van der Waals surface area contributed by atoms with Crippen molar-refractivity contribution < 1.29 is 24.1 Å². The minimum atomic E-state index is -0.139. The Balaban J connectivity index is 1.02. The van der Waals surface area contributed by atoms with E-state index < -0.39 is 0 Å². The van der Waals surface area contributed by atoms with Crippen LogP contribution in [0.15, 0.2) is 261 Å². The Labute approximate surface area is 485 Å². The van der Waals surface area contributed by atoms with Crippen LogP contribution in [0, 0.1) is 3.80 Å². The number of ether oxygens (including phenoxy) is 1. The van der Waals surface area contributed by atoms with E-state index in [1.54, 1.807) is 0 Å². The van der Waals surface area contributed by atoms with Crippen molar-refractivity contribution >= 4 is 45.3 Å². The van der Waals surface area contributed by atoms with E-state index in [1.165, 1.54) is 11.1 Å². The van der Waals surface area contributed by atoms with E-state index in [-0.39, 0.29) is 10.8 Å². The Bertz CT molecular complexity index is 4320. The van der Waals surface area contributed by atoms with Gasteiger partial charge in [0.1, 0.15) is 0 Å². The van der Waals surface area contributed by atoms with Crippen molar-refractivity contribution in [2.45, 2.75) is 52.4 Å². The molecule has 0 fully saturated rings. The van der Waals surface area contributed by atoms with Crippen molar-refractivity contribution in [3.8, 4) is 67.4 Å². The number of hydrogen-bond donors (Lipinski definition) is 0. The molecular weight excluding hydrogens is 1170 g/mol. The van der Waals surface area contributed by atoms with Crippen LogP contribution in [0.4, 0.5) is 34.3 Å². The maximum absolute atomic E-state index is 7.20. The van der Waals surface area contributed by atoms with Crippen molar-refractivity contribution in [3.05, 3.63) is 276 Å². The molecule has 10 aromatic carbocycles. The molecule has 0 bridgehead atoms. The average molecular weight is 1230 g/mol. The normalized spacial score (nSPS) is 12.3. The van der Waals surface area contributed by atoms with Crippen LogP contribution < -0.4 is 14.5 Å². The molecule has 1 aliphatic rings. The molecule has 1 aliphatic heterocycles. The van der Waals surface area contributed by atoms with Gasteiger partial charge >= 0.3 is 306 Å². The zero-order chi connectivity index (χ0) is 55.4. The number of anilines is 6. The first-order valence-corrected chi connectivity index (χ1v) is 28.8. The summed E-state index contributed by atoms with van der Waals surface area (Å²) >= 11 is 2.52. The standard InChI is InChI=1S/C74H61N5O.Pt/c1-73(2,3)53-40-43-67-64(46-53)62-33-17-19-37-66(62)78(55-28-14-9-15-29-55)65-36-18-16-32-61(65)63-42-41-58(49-70(63)79(67)71-47-54(44-45-75-71)74(4,5)6)80-57-31-22-30-56(48-57)76-50-77(69-39-21-20-38-68(69)76)72-59(51-24-10-7-11-25-51)34-23-35-60(72)52-26-12-8-13-27-52;/h7-49H,1-6H3;. The molecule has 81 heavy (non-hydrogen) atoms. The quantitative estimate of drug-likeness (QED) is 0.152. The molecule has 3 heterocycles. The van der Waals surface area contributed by atoms with E-state index in [9.17, 15) is 0 Å². The van der Waals surface area contributed by atoms with Gasteiger partial charge in [-0.25, -0.2) is 0 Å². The van der Waals surface area contributed by atoms with Crippen LogP contribution in [0.1, 0.15) is 52.7 Å². The monoisotopic (exact) mass is 1230 g/mol. The molecule has 398 valence electrons. The van der Waals surface area contributed by atoms with E-state index in [0.717, 1.165) is 105 Å². The topological polar surface area (TPSA) is 38.5 Å².